The zero-order valence-corrected chi connectivity index (χ0v) is 13.2. The van der Waals surface area contributed by atoms with Crippen LogP contribution in [0, 0.1) is 5.92 Å². The third-order valence-electron chi connectivity index (χ3n) is 4.47. The first kappa shape index (κ1) is 15.9. The smallest absolute Gasteiger partial charge is 0.278 e. The highest BCUT2D eigenvalue weighted by atomic mass is 19.3. The lowest BCUT2D eigenvalue weighted by molar-refractivity contribution is -0.133. The summed E-state index contributed by atoms with van der Waals surface area (Å²) in [4.78, 5) is 18.4. The lowest BCUT2D eigenvalue weighted by atomic mass is 10.00. The number of alkyl halides is 2. The van der Waals surface area contributed by atoms with E-state index in [0.29, 0.717) is 17.0 Å². The molecule has 1 atom stereocenters. The largest absolute Gasteiger partial charge is 0.342 e. The van der Waals surface area contributed by atoms with Crippen molar-refractivity contribution < 1.29 is 13.6 Å². The standard InChI is InChI=1S/C17H21F2N3O/c1-12-4-3-8-21(11-12)15(23)6-9-22-14(16(18)19)10-13-5-2-7-20-17(13)22/h2,5,7,10,12,16H,3-4,6,8-9,11H2,1H3. The number of halogens is 2. The predicted octanol–water partition coefficient (Wildman–Crippen LogP) is 3.62. The van der Waals surface area contributed by atoms with Crippen LogP contribution in [0.4, 0.5) is 8.78 Å². The van der Waals surface area contributed by atoms with Crippen LogP contribution < -0.4 is 0 Å². The lowest BCUT2D eigenvalue weighted by Gasteiger charge is -2.31. The summed E-state index contributed by atoms with van der Waals surface area (Å²) < 4.78 is 28.0. The monoisotopic (exact) mass is 321 g/mol. The van der Waals surface area contributed by atoms with Gasteiger partial charge in [0.05, 0.1) is 5.69 Å². The van der Waals surface area contributed by atoms with Crippen LogP contribution >= 0.6 is 0 Å². The van der Waals surface area contributed by atoms with E-state index in [1.807, 2.05) is 4.90 Å². The Morgan fingerprint density at radius 1 is 1.48 bits per heavy atom. The number of nitrogens with zero attached hydrogens (tertiary/aromatic N) is 3. The molecule has 0 saturated carbocycles. The third-order valence-corrected chi connectivity index (χ3v) is 4.47. The van der Waals surface area contributed by atoms with Crippen molar-refractivity contribution in [3.63, 3.8) is 0 Å². The highest BCUT2D eigenvalue weighted by Gasteiger charge is 2.22. The second-order valence-corrected chi connectivity index (χ2v) is 6.27. The Balaban J connectivity index is 1.76. The van der Waals surface area contributed by atoms with Crippen LogP contribution in [0.3, 0.4) is 0 Å². The Morgan fingerprint density at radius 3 is 3.04 bits per heavy atom. The molecule has 0 spiro atoms. The van der Waals surface area contributed by atoms with Crippen LogP contribution in [0.15, 0.2) is 24.4 Å². The Bertz CT molecular complexity index is 698. The fourth-order valence-corrected chi connectivity index (χ4v) is 3.30. The van der Waals surface area contributed by atoms with Crippen LogP contribution in [-0.4, -0.2) is 33.4 Å². The van der Waals surface area contributed by atoms with E-state index in [1.54, 1.807) is 18.3 Å². The number of carbonyl (C=O) groups excluding carboxylic acids is 1. The number of piperidine rings is 1. The molecule has 1 aliphatic heterocycles. The molecule has 1 amide bonds. The number of hydrogen-bond acceptors (Lipinski definition) is 2. The maximum absolute atomic E-state index is 13.3. The highest BCUT2D eigenvalue weighted by molar-refractivity contribution is 5.79. The number of pyridine rings is 1. The maximum atomic E-state index is 13.3. The molecule has 6 heteroatoms. The average molecular weight is 321 g/mol. The molecule has 2 aromatic rings. The molecule has 23 heavy (non-hydrogen) atoms. The van der Waals surface area contributed by atoms with Gasteiger partial charge in [0.1, 0.15) is 5.65 Å². The zero-order valence-electron chi connectivity index (χ0n) is 13.2. The van der Waals surface area contributed by atoms with E-state index in [1.165, 1.54) is 10.6 Å². The molecule has 1 unspecified atom stereocenters. The molecule has 124 valence electrons. The second-order valence-electron chi connectivity index (χ2n) is 6.27. The molecule has 1 aliphatic rings. The molecule has 0 aromatic carbocycles. The van der Waals surface area contributed by atoms with Crippen molar-refractivity contribution in [1.29, 1.82) is 0 Å². The molecule has 1 saturated heterocycles. The van der Waals surface area contributed by atoms with E-state index >= 15 is 0 Å². The number of fused-ring (bicyclic) bond motifs is 1. The lowest BCUT2D eigenvalue weighted by Crippen LogP contribution is -2.39. The average Bonchev–Trinajstić information content (AvgIpc) is 2.91. The van der Waals surface area contributed by atoms with Crippen LogP contribution in [0.5, 0.6) is 0 Å². The van der Waals surface area contributed by atoms with Crippen molar-refractivity contribution >= 4 is 16.9 Å². The van der Waals surface area contributed by atoms with Crippen molar-refractivity contribution in [2.75, 3.05) is 13.1 Å². The van der Waals surface area contributed by atoms with Gasteiger partial charge >= 0.3 is 0 Å². The summed E-state index contributed by atoms with van der Waals surface area (Å²) in [5.41, 5.74) is 0.445. The van der Waals surface area contributed by atoms with Gasteiger partial charge in [-0.15, -0.1) is 0 Å². The van der Waals surface area contributed by atoms with Gasteiger partial charge in [-0.25, -0.2) is 13.8 Å². The van der Waals surface area contributed by atoms with Gasteiger partial charge in [-0.3, -0.25) is 4.79 Å². The number of carbonyl (C=O) groups is 1. The highest BCUT2D eigenvalue weighted by Crippen LogP contribution is 2.26. The van der Waals surface area contributed by atoms with Gasteiger partial charge in [0, 0.05) is 37.6 Å². The van der Waals surface area contributed by atoms with E-state index in [4.69, 9.17) is 0 Å². The first-order chi connectivity index (χ1) is 11.1. The Kier molecular flexibility index (Phi) is 4.59. The zero-order chi connectivity index (χ0) is 16.4. The number of hydrogen-bond donors (Lipinski definition) is 0. The number of likely N-dealkylation sites (tertiary alicyclic amines) is 1. The quantitative estimate of drug-likeness (QED) is 0.862. The van der Waals surface area contributed by atoms with Gasteiger partial charge in [-0.2, -0.15) is 0 Å². The fraction of sp³-hybridized carbons (Fsp3) is 0.529. The molecule has 3 heterocycles. The normalized spacial score (nSPS) is 18.8. The number of aromatic nitrogens is 2. The molecule has 0 N–H and O–H groups in total. The minimum Gasteiger partial charge on any atom is -0.342 e. The summed E-state index contributed by atoms with van der Waals surface area (Å²) in [6.45, 7) is 3.92. The summed E-state index contributed by atoms with van der Waals surface area (Å²) in [7, 11) is 0. The second kappa shape index (κ2) is 6.64. The summed E-state index contributed by atoms with van der Waals surface area (Å²) in [6, 6.07) is 4.95. The van der Waals surface area contributed by atoms with Crippen LogP contribution in [0.25, 0.3) is 11.0 Å². The number of rotatable bonds is 4. The topological polar surface area (TPSA) is 38.1 Å². The Labute approximate surface area is 134 Å². The van der Waals surface area contributed by atoms with Gasteiger partial charge in [0.25, 0.3) is 6.43 Å². The van der Waals surface area contributed by atoms with E-state index in [9.17, 15) is 13.6 Å². The van der Waals surface area contributed by atoms with Crippen molar-refractivity contribution in [2.45, 2.75) is 39.2 Å². The van der Waals surface area contributed by atoms with Gasteiger partial charge in [-0.1, -0.05) is 6.92 Å². The van der Waals surface area contributed by atoms with Gasteiger partial charge in [-0.05, 0) is 37.0 Å². The van der Waals surface area contributed by atoms with Crippen molar-refractivity contribution in [2.24, 2.45) is 5.92 Å². The Morgan fingerprint density at radius 2 is 2.30 bits per heavy atom. The minimum atomic E-state index is -2.57. The molecule has 1 fully saturated rings. The van der Waals surface area contributed by atoms with Crippen molar-refractivity contribution in [3.8, 4) is 0 Å². The third kappa shape index (κ3) is 3.35. The van der Waals surface area contributed by atoms with E-state index < -0.39 is 6.43 Å². The van der Waals surface area contributed by atoms with Crippen LogP contribution in [-0.2, 0) is 11.3 Å². The number of amides is 1. The first-order valence-electron chi connectivity index (χ1n) is 8.06. The van der Waals surface area contributed by atoms with Crippen LogP contribution in [0.1, 0.15) is 38.3 Å². The predicted molar refractivity (Wildman–Crippen MR) is 84.3 cm³/mol. The summed E-state index contributed by atoms with van der Waals surface area (Å²) in [5, 5.41) is 0.682. The SMILES string of the molecule is CC1CCCN(C(=O)CCn2c(C(F)F)cc3cccnc32)C1. The molecular weight excluding hydrogens is 300 g/mol. The molecule has 4 nitrogen and oxygen atoms in total. The summed E-state index contributed by atoms with van der Waals surface area (Å²) in [6.07, 6.45) is 1.40. The first-order valence-corrected chi connectivity index (χ1v) is 8.06. The summed E-state index contributed by atoms with van der Waals surface area (Å²) >= 11 is 0. The van der Waals surface area contributed by atoms with E-state index in [2.05, 4.69) is 11.9 Å². The van der Waals surface area contributed by atoms with E-state index in [-0.39, 0.29) is 24.6 Å². The number of aryl methyl sites for hydroxylation is 1. The molecule has 0 radical (unpaired) electrons. The Hall–Kier alpha value is -1.98. The minimum absolute atomic E-state index is 0.0366. The van der Waals surface area contributed by atoms with Gasteiger partial charge < -0.3 is 9.47 Å². The molecule has 3 rings (SSSR count). The molecule has 0 bridgehead atoms. The van der Waals surface area contributed by atoms with Crippen LogP contribution in [0.2, 0.25) is 0 Å². The molecular formula is C17H21F2N3O. The maximum Gasteiger partial charge on any atom is 0.278 e. The van der Waals surface area contributed by atoms with Gasteiger partial charge in [0.2, 0.25) is 5.91 Å². The van der Waals surface area contributed by atoms with Crippen molar-refractivity contribution in [1.82, 2.24) is 14.5 Å². The van der Waals surface area contributed by atoms with Crippen molar-refractivity contribution in [3.05, 3.63) is 30.1 Å². The summed E-state index contributed by atoms with van der Waals surface area (Å²) in [5.74, 6) is 0.549. The van der Waals surface area contributed by atoms with Gasteiger partial charge in [0.15, 0.2) is 0 Å². The molecule has 0 aliphatic carbocycles. The van der Waals surface area contributed by atoms with E-state index in [0.717, 1.165) is 25.9 Å². The fourth-order valence-electron chi connectivity index (χ4n) is 3.30. The molecule has 2 aromatic heterocycles.